The number of methoxy groups -OCH3 is 1. The fourth-order valence-corrected chi connectivity index (χ4v) is 3.49. The number of hydrogen-bond acceptors (Lipinski definition) is 7. The van der Waals surface area contributed by atoms with Gasteiger partial charge in [-0.2, -0.15) is 13.2 Å². The monoisotopic (exact) mass is 464 g/mol. The lowest BCUT2D eigenvalue weighted by Crippen LogP contribution is -2.47. The maximum Gasteiger partial charge on any atom is 0.431 e. The third-order valence-corrected chi connectivity index (χ3v) is 5.04. The van der Waals surface area contributed by atoms with E-state index in [2.05, 4.69) is 15.0 Å². The van der Waals surface area contributed by atoms with E-state index in [1.807, 2.05) is 5.32 Å². The number of nitrogens with two attached hydrogens (primary N) is 2. The summed E-state index contributed by atoms with van der Waals surface area (Å²) in [6.45, 7) is 0.467. The first-order chi connectivity index (χ1) is 15.6. The molecule has 3 aromatic rings. The minimum absolute atomic E-state index is 0.0409. The van der Waals surface area contributed by atoms with Crippen molar-refractivity contribution in [3.05, 3.63) is 65.4 Å². The molecule has 33 heavy (non-hydrogen) atoms. The number of alkyl halides is 3. The maximum atomic E-state index is 15.0. The number of aromatic amines is 1. The molecule has 1 aromatic carbocycles. The first-order valence-electron chi connectivity index (χ1n) is 9.74. The summed E-state index contributed by atoms with van der Waals surface area (Å²) in [5, 5.41) is 2.59. The van der Waals surface area contributed by atoms with Crippen LogP contribution in [0.4, 0.5) is 17.6 Å². The molecule has 0 spiro atoms. The Morgan fingerprint density at radius 2 is 1.97 bits per heavy atom. The number of pyridine rings is 1. The van der Waals surface area contributed by atoms with Crippen molar-refractivity contribution in [2.24, 2.45) is 16.5 Å². The highest BCUT2D eigenvalue weighted by molar-refractivity contribution is 5.86. The van der Waals surface area contributed by atoms with E-state index in [1.54, 1.807) is 19.4 Å². The molecule has 0 aliphatic carbocycles. The van der Waals surface area contributed by atoms with Crippen molar-refractivity contribution in [3.8, 4) is 11.5 Å². The van der Waals surface area contributed by atoms with Crippen molar-refractivity contribution in [1.29, 1.82) is 0 Å². The fourth-order valence-electron chi connectivity index (χ4n) is 3.49. The molecule has 0 radical (unpaired) electrons. The molecule has 6 N–H and O–H groups in total. The fraction of sp³-hybridized carbons (Fsp3) is 0.238. The van der Waals surface area contributed by atoms with E-state index in [0.29, 0.717) is 35.9 Å². The number of nitrogens with one attached hydrogen (secondary N) is 2. The highest BCUT2D eigenvalue weighted by Crippen LogP contribution is 2.36. The van der Waals surface area contributed by atoms with Crippen LogP contribution >= 0.6 is 0 Å². The van der Waals surface area contributed by atoms with Crippen molar-refractivity contribution < 1.29 is 27.0 Å². The zero-order chi connectivity index (χ0) is 23.8. The zero-order valence-electron chi connectivity index (χ0n) is 17.3. The lowest BCUT2D eigenvalue weighted by atomic mass is 9.98. The molecule has 0 fully saturated rings. The Morgan fingerprint density at radius 1 is 1.18 bits per heavy atom. The molecule has 0 amide bonds. The summed E-state index contributed by atoms with van der Waals surface area (Å²) in [7, 11) is 1.58. The Bertz CT molecular complexity index is 1250. The number of fused-ring (bicyclic) bond motifs is 1. The second kappa shape index (κ2) is 8.37. The number of hydrogen-bond donors (Lipinski definition) is 4. The third-order valence-electron chi connectivity index (χ3n) is 5.04. The number of H-pyrrole nitrogens is 1. The number of aromatic nitrogens is 2. The van der Waals surface area contributed by atoms with Crippen molar-refractivity contribution in [3.63, 3.8) is 0 Å². The molecule has 1 atom stereocenters. The van der Waals surface area contributed by atoms with Crippen LogP contribution in [0.5, 0.6) is 11.5 Å². The average Bonchev–Trinajstić information content (AvgIpc) is 3.16. The van der Waals surface area contributed by atoms with Gasteiger partial charge in [0.1, 0.15) is 17.1 Å². The molecule has 4 rings (SSSR count). The topological polar surface area (TPSA) is 124 Å². The van der Waals surface area contributed by atoms with Gasteiger partial charge in [-0.15, -0.1) is 0 Å². The van der Waals surface area contributed by atoms with Crippen molar-refractivity contribution >= 4 is 17.0 Å². The van der Waals surface area contributed by atoms with E-state index >= 15 is 0 Å². The minimum atomic E-state index is -4.74. The van der Waals surface area contributed by atoms with Crippen molar-refractivity contribution in [2.75, 3.05) is 13.7 Å². The van der Waals surface area contributed by atoms with Crippen LogP contribution in [0.1, 0.15) is 11.1 Å². The average molecular weight is 464 g/mol. The molecular weight excluding hydrogens is 444 g/mol. The zero-order valence-corrected chi connectivity index (χ0v) is 17.3. The van der Waals surface area contributed by atoms with E-state index in [4.69, 9.17) is 20.9 Å². The van der Waals surface area contributed by atoms with Crippen LogP contribution in [-0.2, 0) is 16.8 Å². The standard InChI is InChI=1S/C21H20F4N6O2/c1-32-7-5-11-10-29-18-17(11)15(4-6-28-18)33-14-3-2-12(8-13(14)22)20(27)9-16(21(23,24)25)30-19(26)31-20/h2-4,6,8-10H,5,7,27H2,1H3,(H,28,29)(H3,26,30,31). The van der Waals surface area contributed by atoms with Crippen LogP contribution < -0.4 is 21.5 Å². The lowest BCUT2D eigenvalue weighted by Gasteiger charge is -2.29. The largest absolute Gasteiger partial charge is 0.453 e. The van der Waals surface area contributed by atoms with Gasteiger partial charge in [0, 0.05) is 25.1 Å². The lowest BCUT2D eigenvalue weighted by molar-refractivity contribution is -0.0959. The van der Waals surface area contributed by atoms with Crippen LogP contribution in [-0.4, -0.2) is 35.8 Å². The highest BCUT2D eigenvalue weighted by Gasteiger charge is 2.41. The van der Waals surface area contributed by atoms with Crippen LogP contribution in [0.2, 0.25) is 0 Å². The number of nitrogens with zero attached hydrogens (tertiary/aromatic N) is 2. The Kier molecular flexibility index (Phi) is 5.72. The highest BCUT2D eigenvalue weighted by atomic mass is 19.4. The number of ether oxygens (including phenoxy) is 2. The summed E-state index contributed by atoms with van der Waals surface area (Å²) >= 11 is 0. The van der Waals surface area contributed by atoms with Gasteiger partial charge in [-0.05, 0) is 36.3 Å². The van der Waals surface area contributed by atoms with Gasteiger partial charge in [-0.3, -0.25) is 5.73 Å². The second-order valence-electron chi connectivity index (χ2n) is 7.34. The summed E-state index contributed by atoms with van der Waals surface area (Å²) in [6, 6.07) is 5.14. The second-order valence-corrected chi connectivity index (χ2v) is 7.34. The molecule has 3 heterocycles. The first-order valence-corrected chi connectivity index (χ1v) is 9.74. The number of rotatable bonds is 6. The van der Waals surface area contributed by atoms with Gasteiger partial charge in [0.25, 0.3) is 0 Å². The molecule has 0 bridgehead atoms. The van der Waals surface area contributed by atoms with Crippen molar-refractivity contribution in [1.82, 2.24) is 15.3 Å². The maximum absolute atomic E-state index is 15.0. The molecule has 2 aromatic heterocycles. The van der Waals surface area contributed by atoms with E-state index in [-0.39, 0.29) is 11.3 Å². The first kappa shape index (κ1) is 22.6. The Labute approximate surface area is 185 Å². The molecule has 1 unspecified atom stereocenters. The summed E-state index contributed by atoms with van der Waals surface area (Å²) in [6.07, 6.45) is -0.239. The predicted octanol–water partition coefficient (Wildman–Crippen LogP) is 3.16. The molecule has 1 aliphatic rings. The summed E-state index contributed by atoms with van der Waals surface area (Å²) in [5.41, 5.74) is 9.70. The SMILES string of the molecule is COCCc1c[nH]c2nccc(Oc3ccc(C4(N)C=C(C(F)(F)F)NC(N)=N4)cc3F)c12. The number of guanidine groups is 1. The Hall–Kier alpha value is -3.64. The third kappa shape index (κ3) is 4.47. The molecule has 0 saturated heterocycles. The molecule has 0 saturated carbocycles. The van der Waals surface area contributed by atoms with Gasteiger partial charge in [-0.25, -0.2) is 14.4 Å². The molecule has 12 heteroatoms. The molecular formula is C21H20F4N6O2. The van der Waals surface area contributed by atoms with E-state index in [1.165, 1.54) is 18.3 Å². The van der Waals surface area contributed by atoms with Gasteiger partial charge in [0.05, 0.1) is 12.0 Å². The van der Waals surface area contributed by atoms with E-state index < -0.39 is 29.3 Å². The number of aliphatic imine (C=N–C) groups is 1. The summed E-state index contributed by atoms with van der Waals surface area (Å²) in [4.78, 5) is 11.1. The number of allylic oxidation sites excluding steroid dienone is 1. The normalized spacial score (nSPS) is 18.6. The van der Waals surface area contributed by atoms with Gasteiger partial charge in [0.15, 0.2) is 23.2 Å². The van der Waals surface area contributed by atoms with Gasteiger partial charge >= 0.3 is 6.18 Å². The summed E-state index contributed by atoms with van der Waals surface area (Å²) < 4.78 is 65.3. The van der Waals surface area contributed by atoms with Crippen molar-refractivity contribution in [2.45, 2.75) is 18.3 Å². The van der Waals surface area contributed by atoms with Crippen LogP contribution in [0.15, 0.2) is 53.4 Å². The van der Waals surface area contributed by atoms with Crippen LogP contribution in [0, 0.1) is 5.82 Å². The van der Waals surface area contributed by atoms with Gasteiger partial charge < -0.3 is 25.5 Å². The number of halogens is 4. The quantitative estimate of drug-likeness (QED) is 0.416. The van der Waals surface area contributed by atoms with E-state index in [0.717, 1.165) is 11.6 Å². The van der Waals surface area contributed by atoms with Crippen LogP contribution in [0.3, 0.4) is 0 Å². The minimum Gasteiger partial charge on any atom is -0.453 e. The Morgan fingerprint density at radius 3 is 2.67 bits per heavy atom. The van der Waals surface area contributed by atoms with Crippen LogP contribution in [0.25, 0.3) is 11.0 Å². The smallest absolute Gasteiger partial charge is 0.431 e. The van der Waals surface area contributed by atoms with Gasteiger partial charge in [0.2, 0.25) is 0 Å². The van der Waals surface area contributed by atoms with Gasteiger partial charge in [-0.1, -0.05) is 6.07 Å². The summed E-state index contributed by atoms with van der Waals surface area (Å²) in [5.74, 6) is -1.18. The number of benzene rings is 1. The molecule has 1 aliphatic heterocycles. The predicted molar refractivity (Wildman–Crippen MR) is 113 cm³/mol. The Balaban J connectivity index is 1.68. The molecule has 8 nitrogen and oxygen atoms in total. The van der Waals surface area contributed by atoms with E-state index in [9.17, 15) is 17.6 Å². The molecule has 174 valence electrons.